The number of carbonyl (C=O) groups is 2. The number of aryl methyl sites for hydroxylation is 1. The van der Waals surface area contributed by atoms with Crippen molar-refractivity contribution in [2.75, 3.05) is 18.5 Å². The largest absolute Gasteiger partial charge is 0.457 e. The van der Waals surface area contributed by atoms with E-state index in [0.717, 1.165) is 37.3 Å². The summed E-state index contributed by atoms with van der Waals surface area (Å²) < 4.78 is 6.47. The number of benzene rings is 2. The third-order valence-corrected chi connectivity index (χ3v) is 6.98. The zero-order chi connectivity index (χ0) is 27.1. The van der Waals surface area contributed by atoms with Gasteiger partial charge < -0.3 is 20.6 Å². The molecule has 10 nitrogen and oxygen atoms in total. The summed E-state index contributed by atoms with van der Waals surface area (Å²) in [6, 6.07) is 16.2. The van der Waals surface area contributed by atoms with Crippen LogP contribution in [0.3, 0.4) is 0 Å². The Morgan fingerprint density at radius 2 is 1.89 bits per heavy atom. The van der Waals surface area contributed by atoms with Gasteiger partial charge in [0.25, 0.3) is 5.09 Å². The number of amides is 1. The molecule has 0 aliphatic carbocycles. The molecule has 0 aliphatic rings. The highest BCUT2D eigenvalue weighted by molar-refractivity contribution is 7.22. The molecule has 196 valence electrons. The molecule has 4 aromatic rings. The molecule has 0 bridgehead atoms. The molecule has 11 heteroatoms. The number of nitrogens with two attached hydrogens (primary N) is 1. The van der Waals surface area contributed by atoms with Gasteiger partial charge in [-0.25, -0.2) is 4.79 Å². The molecule has 2 aromatic heterocycles. The number of rotatable bonds is 11. The fourth-order valence-electron chi connectivity index (χ4n) is 3.90. The molecule has 38 heavy (non-hydrogen) atoms. The Morgan fingerprint density at radius 3 is 2.61 bits per heavy atom. The third kappa shape index (κ3) is 6.69. The van der Waals surface area contributed by atoms with Crippen molar-refractivity contribution in [2.24, 2.45) is 5.73 Å². The van der Waals surface area contributed by atoms with Crippen molar-refractivity contribution < 1.29 is 24.3 Å². The van der Waals surface area contributed by atoms with Crippen LogP contribution >= 0.6 is 11.3 Å². The lowest BCUT2D eigenvalue weighted by Gasteiger charge is -2.15. The zero-order valence-electron chi connectivity index (χ0n) is 20.6. The summed E-state index contributed by atoms with van der Waals surface area (Å²) in [5, 5.41) is 14.2. The maximum absolute atomic E-state index is 12.9. The molecule has 0 fully saturated rings. The van der Waals surface area contributed by atoms with Crippen LogP contribution in [-0.2, 0) is 27.4 Å². The van der Waals surface area contributed by atoms with E-state index in [4.69, 9.17) is 10.5 Å². The second kappa shape index (κ2) is 12.3. The van der Waals surface area contributed by atoms with E-state index in [0.29, 0.717) is 12.0 Å². The van der Waals surface area contributed by atoms with Gasteiger partial charge in [-0.1, -0.05) is 36.4 Å². The first-order chi connectivity index (χ1) is 18.3. The highest BCUT2D eigenvalue weighted by Gasteiger charge is 2.20. The number of thiophene rings is 1. The highest BCUT2D eigenvalue weighted by atomic mass is 32.1. The number of esters is 1. The number of aromatic nitrogens is 1. The van der Waals surface area contributed by atoms with E-state index >= 15 is 0 Å². The zero-order valence-corrected chi connectivity index (χ0v) is 21.4. The molecule has 2 aromatic carbocycles. The first-order valence-corrected chi connectivity index (χ1v) is 12.6. The van der Waals surface area contributed by atoms with Crippen LogP contribution in [0, 0.1) is 17.0 Å². The van der Waals surface area contributed by atoms with Gasteiger partial charge in [0.1, 0.15) is 13.2 Å². The molecular weight excluding hydrogens is 508 g/mol. The molecule has 1 atom stereocenters. The van der Waals surface area contributed by atoms with Crippen molar-refractivity contribution >= 4 is 38.3 Å². The highest BCUT2D eigenvalue weighted by Crippen LogP contribution is 2.30. The molecule has 0 spiro atoms. The minimum atomic E-state index is -0.847. The number of nitrogens with one attached hydrogen (secondary N) is 1. The molecule has 4 rings (SSSR count). The Kier molecular flexibility index (Phi) is 8.62. The number of ether oxygens (including phenoxy) is 1. The summed E-state index contributed by atoms with van der Waals surface area (Å²) in [6.45, 7) is 1.87. The van der Waals surface area contributed by atoms with Crippen molar-refractivity contribution in [3.05, 3.63) is 105 Å². The number of fused-ring (bicyclic) bond motifs is 1. The van der Waals surface area contributed by atoms with Crippen LogP contribution in [0.15, 0.2) is 67.0 Å². The molecule has 0 unspecified atom stereocenters. The van der Waals surface area contributed by atoms with Crippen molar-refractivity contribution in [1.29, 1.82) is 0 Å². The summed E-state index contributed by atoms with van der Waals surface area (Å²) in [7, 11) is 0. The number of pyridine rings is 1. The first-order valence-electron chi connectivity index (χ1n) is 11.8. The molecule has 1 amide bonds. The first kappa shape index (κ1) is 26.7. The van der Waals surface area contributed by atoms with Gasteiger partial charge in [0.2, 0.25) is 5.91 Å². The Bertz CT molecular complexity index is 1420. The van der Waals surface area contributed by atoms with Crippen LogP contribution in [0.4, 0.5) is 5.00 Å². The summed E-state index contributed by atoms with van der Waals surface area (Å²) >= 11 is 1.45. The molecule has 0 saturated heterocycles. The van der Waals surface area contributed by atoms with Crippen LogP contribution in [-0.4, -0.2) is 35.1 Å². The average molecular weight is 535 g/mol. The smallest absolute Gasteiger partial charge is 0.338 e. The van der Waals surface area contributed by atoms with Gasteiger partial charge in [0.15, 0.2) is 0 Å². The second-order valence-electron chi connectivity index (χ2n) is 8.58. The van der Waals surface area contributed by atoms with E-state index in [1.165, 1.54) is 11.3 Å². The van der Waals surface area contributed by atoms with E-state index in [1.807, 2.05) is 12.1 Å². The fourth-order valence-corrected chi connectivity index (χ4v) is 4.84. The van der Waals surface area contributed by atoms with Gasteiger partial charge in [0.05, 0.1) is 21.2 Å². The summed E-state index contributed by atoms with van der Waals surface area (Å²) in [5.74, 6) is -1.24. The average Bonchev–Trinajstić information content (AvgIpc) is 3.31. The van der Waals surface area contributed by atoms with E-state index < -0.39 is 17.0 Å². The minimum absolute atomic E-state index is 0.0442. The standard InChI is InChI=1S/C27H26N4O6S/c1-17-2-3-18(9-11-37-31(34)35)12-22(17)27(33)36-16-19-4-6-20(7-5-19)23(14-28)26(32)30-25-13-21-8-10-29-15-24(21)38-25/h2-8,10,12-13,15,23H,9,11,14,16,28H2,1H3,(H,30,32)/t23-/m1/s1. The van der Waals surface area contributed by atoms with E-state index in [1.54, 1.807) is 61.8 Å². The van der Waals surface area contributed by atoms with E-state index in [2.05, 4.69) is 15.1 Å². The predicted octanol–water partition coefficient (Wildman–Crippen LogP) is 4.39. The van der Waals surface area contributed by atoms with Crippen LogP contribution in [0.25, 0.3) is 10.1 Å². The summed E-state index contributed by atoms with van der Waals surface area (Å²) in [6.07, 6.45) is 3.76. The number of hydrogen-bond donors (Lipinski definition) is 2. The molecule has 0 saturated carbocycles. The van der Waals surface area contributed by atoms with Crippen molar-refractivity contribution in [1.82, 2.24) is 4.98 Å². The normalized spacial score (nSPS) is 11.6. The SMILES string of the molecule is Cc1ccc(CCO[N+](=O)[O-])cc1C(=O)OCc1ccc([C@@H](CN)C(=O)Nc2cc3ccncc3s2)cc1. The van der Waals surface area contributed by atoms with E-state index in [9.17, 15) is 19.7 Å². The van der Waals surface area contributed by atoms with Gasteiger partial charge in [-0.3, -0.25) is 9.78 Å². The van der Waals surface area contributed by atoms with Gasteiger partial charge in [-0.15, -0.1) is 21.5 Å². The molecule has 0 aliphatic heterocycles. The van der Waals surface area contributed by atoms with Gasteiger partial charge in [-0.05, 0) is 59.2 Å². The Balaban J connectivity index is 1.35. The van der Waals surface area contributed by atoms with Crippen molar-refractivity contribution in [3.63, 3.8) is 0 Å². The van der Waals surface area contributed by atoms with Crippen LogP contribution in [0.1, 0.15) is 38.5 Å². The van der Waals surface area contributed by atoms with Crippen molar-refractivity contribution in [3.8, 4) is 0 Å². The van der Waals surface area contributed by atoms with Crippen LogP contribution < -0.4 is 11.1 Å². The van der Waals surface area contributed by atoms with Crippen LogP contribution in [0.5, 0.6) is 0 Å². The molecular formula is C27H26N4O6S. The molecule has 3 N–H and O–H groups in total. The maximum Gasteiger partial charge on any atom is 0.338 e. The van der Waals surface area contributed by atoms with Gasteiger partial charge in [-0.2, -0.15) is 0 Å². The summed E-state index contributed by atoms with van der Waals surface area (Å²) in [4.78, 5) is 44.4. The summed E-state index contributed by atoms with van der Waals surface area (Å²) in [5.41, 5.74) is 9.28. The lowest BCUT2D eigenvalue weighted by atomic mass is 9.97. The topological polar surface area (TPSA) is 147 Å². The lowest BCUT2D eigenvalue weighted by molar-refractivity contribution is -0.757. The fraction of sp³-hybridized carbons (Fsp3) is 0.222. The second-order valence-corrected chi connectivity index (χ2v) is 9.66. The Hall–Kier alpha value is -4.35. The maximum atomic E-state index is 12.9. The molecule has 2 heterocycles. The number of anilines is 1. The predicted molar refractivity (Wildman–Crippen MR) is 143 cm³/mol. The molecule has 0 radical (unpaired) electrons. The van der Waals surface area contributed by atoms with E-state index in [-0.39, 0.29) is 25.7 Å². The Morgan fingerprint density at radius 1 is 1.13 bits per heavy atom. The van der Waals surface area contributed by atoms with Crippen LogP contribution in [0.2, 0.25) is 0 Å². The van der Waals surface area contributed by atoms with Crippen molar-refractivity contribution in [2.45, 2.75) is 25.9 Å². The number of carbonyl (C=O) groups excluding carboxylic acids is 2. The Labute approximate surface area is 222 Å². The monoisotopic (exact) mass is 534 g/mol. The number of nitrogens with zero attached hydrogens (tertiary/aromatic N) is 2. The third-order valence-electron chi connectivity index (χ3n) is 5.98. The number of hydrogen-bond acceptors (Lipinski definition) is 9. The minimum Gasteiger partial charge on any atom is -0.457 e. The van der Waals surface area contributed by atoms with Gasteiger partial charge in [0, 0.05) is 18.9 Å². The van der Waals surface area contributed by atoms with Gasteiger partial charge >= 0.3 is 5.97 Å². The lowest BCUT2D eigenvalue weighted by Crippen LogP contribution is -2.27. The quantitative estimate of drug-likeness (QED) is 0.164.